The highest BCUT2D eigenvalue weighted by atomic mass is 35.5. The van der Waals surface area contributed by atoms with E-state index in [9.17, 15) is 13.2 Å². The molecule has 0 aliphatic carbocycles. The predicted molar refractivity (Wildman–Crippen MR) is 80.9 cm³/mol. The van der Waals surface area contributed by atoms with E-state index in [4.69, 9.17) is 21.5 Å². The average Bonchev–Trinajstić information content (AvgIpc) is 2.36. The molecule has 0 aromatic heterocycles. The molecule has 1 aromatic rings. The molecule has 0 saturated heterocycles. The summed E-state index contributed by atoms with van der Waals surface area (Å²) >= 11 is 5.96. The monoisotopic (exact) mass is 334 g/mol. The molecule has 0 saturated carbocycles. The van der Waals surface area contributed by atoms with E-state index in [0.29, 0.717) is 13.2 Å². The van der Waals surface area contributed by atoms with Crippen LogP contribution in [0.3, 0.4) is 0 Å². The number of nitrogens with two attached hydrogens (primary N) is 1. The second-order valence-electron chi connectivity index (χ2n) is 4.80. The molecule has 1 amide bonds. The topological polar surface area (TPSA) is 89.7 Å². The van der Waals surface area contributed by atoms with Gasteiger partial charge in [0.15, 0.2) is 0 Å². The molecule has 0 unspecified atom stereocenters. The summed E-state index contributed by atoms with van der Waals surface area (Å²) in [6.45, 7) is 4.42. The summed E-state index contributed by atoms with van der Waals surface area (Å²) in [6, 6.07) is 4.13. The van der Waals surface area contributed by atoms with Gasteiger partial charge in [-0.15, -0.1) is 0 Å². The zero-order valence-corrected chi connectivity index (χ0v) is 13.7. The molecule has 0 heterocycles. The van der Waals surface area contributed by atoms with Crippen molar-refractivity contribution in [3.8, 4) is 0 Å². The third-order valence-corrected chi connectivity index (χ3v) is 3.99. The van der Waals surface area contributed by atoms with E-state index in [1.165, 1.54) is 23.1 Å². The molecule has 1 rings (SSSR count). The number of carbonyl (C=O) groups is 1. The highest BCUT2D eigenvalue weighted by Crippen LogP contribution is 2.24. The zero-order chi connectivity index (χ0) is 16.2. The number of hydrogen-bond donors (Lipinski definition) is 1. The smallest absolute Gasteiger partial charge is 0.256 e. The number of carbonyl (C=O) groups excluding carboxylic acids is 1. The summed E-state index contributed by atoms with van der Waals surface area (Å²) in [6.07, 6.45) is 0.0498. The fourth-order valence-corrected chi connectivity index (χ4v) is 2.73. The minimum Gasteiger partial charge on any atom is -0.377 e. The molecule has 8 heteroatoms. The van der Waals surface area contributed by atoms with Gasteiger partial charge in [0, 0.05) is 13.6 Å². The van der Waals surface area contributed by atoms with Crippen molar-refractivity contribution in [3.05, 3.63) is 28.8 Å². The first kappa shape index (κ1) is 17.9. The van der Waals surface area contributed by atoms with Crippen molar-refractivity contribution in [2.75, 3.05) is 20.2 Å². The van der Waals surface area contributed by atoms with E-state index < -0.39 is 15.9 Å². The highest BCUT2D eigenvalue weighted by Gasteiger charge is 2.24. The lowest BCUT2D eigenvalue weighted by atomic mass is 10.2. The van der Waals surface area contributed by atoms with Gasteiger partial charge in [-0.1, -0.05) is 17.7 Å². The van der Waals surface area contributed by atoms with Crippen LogP contribution >= 0.6 is 11.6 Å². The Morgan fingerprint density at radius 1 is 1.43 bits per heavy atom. The van der Waals surface area contributed by atoms with Gasteiger partial charge in [0.1, 0.15) is 0 Å². The van der Waals surface area contributed by atoms with Crippen molar-refractivity contribution < 1.29 is 17.9 Å². The van der Waals surface area contributed by atoms with Crippen molar-refractivity contribution in [2.45, 2.75) is 24.8 Å². The molecule has 0 atom stereocenters. The summed E-state index contributed by atoms with van der Waals surface area (Å²) in [5, 5.41) is 5.17. The molecular weight excluding hydrogens is 316 g/mol. The van der Waals surface area contributed by atoms with E-state index in [2.05, 4.69) is 0 Å². The minimum atomic E-state index is -4.03. The fourth-order valence-electron chi connectivity index (χ4n) is 1.67. The van der Waals surface area contributed by atoms with E-state index >= 15 is 0 Å². The van der Waals surface area contributed by atoms with E-state index in [1.54, 1.807) is 7.05 Å². The van der Waals surface area contributed by atoms with Crippen LogP contribution < -0.4 is 5.14 Å². The Labute approximate surface area is 129 Å². The third-order valence-electron chi connectivity index (χ3n) is 2.72. The summed E-state index contributed by atoms with van der Waals surface area (Å²) in [4.78, 5) is 13.4. The van der Waals surface area contributed by atoms with Crippen molar-refractivity contribution in [1.29, 1.82) is 0 Å². The van der Waals surface area contributed by atoms with Crippen LogP contribution in [0.5, 0.6) is 0 Å². The Hall–Kier alpha value is -1.15. The fraction of sp³-hybridized carbons (Fsp3) is 0.462. The Morgan fingerprint density at radius 3 is 2.57 bits per heavy atom. The zero-order valence-electron chi connectivity index (χ0n) is 12.2. The normalized spacial score (nSPS) is 11.7. The molecule has 1 aromatic carbocycles. The van der Waals surface area contributed by atoms with Gasteiger partial charge >= 0.3 is 0 Å². The second-order valence-corrected chi connectivity index (χ2v) is 6.74. The summed E-state index contributed by atoms with van der Waals surface area (Å²) in [5.74, 6) is -0.517. The van der Waals surface area contributed by atoms with Gasteiger partial charge in [0.25, 0.3) is 5.91 Å². The van der Waals surface area contributed by atoms with Crippen molar-refractivity contribution >= 4 is 27.5 Å². The Kier molecular flexibility index (Phi) is 6.15. The number of sulfonamides is 1. The summed E-state index contributed by atoms with van der Waals surface area (Å²) < 4.78 is 28.5. The number of primary sulfonamides is 1. The van der Waals surface area contributed by atoms with Gasteiger partial charge in [-0.05, 0) is 26.0 Å². The molecule has 0 bridgehead atoms. The maximum absolute atomic E-state index is 12.4. The number of hydrogen-bond acceptors (Lipinski definition) is 4. The maximum atomic E-state index is 12.4. The van der Waals surface area contributed by atoms with Gasteiger partial charge in [-0.3, -0.25) is 4.79 Å². The van der Waals surface area contributed by atoms with Crippen LogP contribution in [-0.2, 0) is 14.8 Å². The number of amides is 1. The van der Waals surface area contributed by atoms with Gasteiger partial charge in [0.05, 0.1) is 28.2 Å². The molecular formula is C13H19ClN2O4S. The Balaban J connectivity index is 3.02. The summed E-state index contributed by atoms with van der Waals surface area (Å²) in [5.41, 5.74) is -0.117. The van der Waals surface area contributed by atoms with Gasteiger partial charge < -0.3 is 9.64 Å². The number of halogens is 1. The highest BCUT2D eigenvalue weighted by molar-refractivity contribution is 7.89. The number of nitrogens with zero attached hydrogens (tertiary/aromatic N) is 1. The molecule has 0 radical (unpaired) electrons. The maximum Gasteiger partial charge on any atom is 0.256 e. The van der Waals surface area contributed by atoms with Crippen LogP contribution in [0.25, 0.3) is 0 Å². The van der Waals surface area contributed by atoms with Crippen LogP contribution in [0.4, 0.5) is 0 Å². The van der Waals surface area contributed by atoms with Gasteiger partial charge in [-0.25, -0.2) is 13.6 Å². The van der Waals surface area contributed by atoms with E-state index in [1.807, 2.05) is 13.8 Å². The average molecular weight is 335 g/mol. The largest absolute Gasteiger partial charge is 0.377 e. The first-order valence-corrected chi connectivity index (χ1v) is 8.25. The molecule has 0 fully saturated rings. The summed E-state index contributed by atoms with van der Waals surface area (Å²) in [7, 11) is -2.49. The van der Waals surface area contributed by atoms with Crippen LogP contribution in [0, 0.1) is 0 Å². The lowest BCUT2D eigenvalue weighted by Crippen LogP contribution is -2.32. The van der Waals surface area contributed by atoms with Gasteiger partial charge in [-0.2, -0.15) is 0 Å². The molecule has 2 N–H and O–H groups in total. The van der Waals surface area contributed by atoms with Crippen LogP contribution in [0.1, 0.15) is 24.2 Å². The molecule has 0 aliphatic rings. The molecule has 6 nitrogen and oxygen atoms in total. The second kappa shape index (κ2) is 7.22. The quantitative estimate of drug-likeness (QED) is 0.853. The first-order valence-electron chi connectivity index (χ1n) is 6.33. The van der Waals surface area contributed by atoms with Crippen molar-refractivity contribution in [3.63, 3.8) is 0 Å². The lowest BCUT2D eigenvalue weighted by molar-refractivity contribution is 0.0530. The van der Waals surface area contributed by atoms with E-state index in [-0.39, 0.29) is 21.6 Å². The molecule has 21 heavy (non-hydrogen) atoms. The van der Waals surface area contributed by atoms with E-state index in [0.717, 1.165) is 0 Å². The molecule has 118 valence electrons. The minimum absolute atomic E-state index is 0.0446. The van der Waals surface area contributed by atoms with Crippen molar-refractivity contribution in [1.82, 2.24) is 4.90 Å². The predicted octanol–water partition coefficient (Wildman–Crippen LogP) is 1.48. The van der Waals surface area contributed by atoms with Crippen LogP contribution in [0.2, 0.25) is 5.02 Å². The van der Waals surface area contributed by atoms with Crippen molar-refractivity contribution in [2.24, 2.45) is 5.14 Å². The number of ether oxygens (including phenoxy) is 1. The van der Waals surface area contributed by atoms with Crippen LogP contribution in [0.15, 0.2) is 23.1 Å². The standard InChI is InChI=1S/C13H19ClN2O4S/c1-9(2)20-8-7-16(3)13(17)12-10(14)5-4-6-11(12)21(15,18)19/h4-6,9H,7-8H2,1-3H3,(H2,15,18,19). The Bertz CT molecular complexity index is 617. The Morgan fingerprint density at radius 2 is 2.05 bits per heavy atom. The SMILES string of the molecule is CC(C)OCCN(C)C(=O)c1c(Cl)cccc1S(N)(=O)=O. The van der Waals surface area contributed by atoms with Crippen LogP contribution in [-0.4, -0.2) is 45.5 Å². The molecule has 0 spiro atoms. The number of likely N-dealkylation sites (N-methyl/N-ethyl adjacent to an activating group) is 1. The lowest BCUT2D eigenvalue weighted by Gasteiger charge is -2.20. The number of benzene rings is 1. The third kappa shape index (κ3) is 4.96. The molecule has 0 aliphatic heterocycles. The first-order chi connectivity index (χ1) is 9.64. The van der Waals surface area contributed by atoms with Gasteiger partial charge in [0.2, 0.25) is 10.0 Å². The number of rotatable bonds is 6.